The van der Waals surface area contributed by atoms with Crippen LogP contribution < -0.4 is 4.90 Å². The first-order chi connectivity index (χ1) is 6.07. The molecule has 2 nitrogen and oxygen atoms in total. The van der Waals surface area contributed by atoms with Gasteiger partial charge in [-0.3, -0.25) is 0 Å². The van der Waals surface area contributed by atoms with E-state index in [0.29, 0.717) is 0 Å². The van der Waals surface area contributed by atoms with Crippen molar-refractivity contribution in [3.05, 3.63) is 28.7 Å². The molecule has 1 aromatic rings. The molecule has 0 bridgehead atoms. The fourth-order valence-corrected chi connectivity index (χ4v) is 1.87. The highest BCUT2D eigenvalue weighted by molar-refractivity contribution is 9.10. The maximum Gasteiger partial charge on any atom is 0.0967 e. The molecule has 1 fully saturated rings. The van der Waals surface area contributed by atoms with Crippen LogP contribution in [0.2, 0.25) is 0 Å². The number of rotatable bonds is 1. The van der Waals surface area contributed by atoms with Gasteiger partial charge in [-0.15, -0.1) is 0 Å². The van der Waals surface area contributed by atoms with Crippen molar-refractivity contribution in [1.82, 2.24) is 0 Å². The van der Waals surface area contributed by atoms with Crippen LogP contribution in [-0.2, 0) is 0 Å². The van der Waals surface area contributed by atoms with Gasteiger partial charge in [0, 0.05) is 23.2 Å². The van der Waals surface area contributed by atoms with Crippen LogP contribution in [-0.4, -0.2) is 23.8 Å². The molecule has 0 aromatic heterocycles. The summed E-state index contributed by atoms with van der Waals surface area (Å²) >= 11 is 3.39. The minimum atomic E-state index is -0.493. The number of halogens is 1. The summed E-state index contributed by atoms with van der Waals surface area (Å²) in [5.74, 6) is 0. The maximum atomic E-state index is 9.55. The smallest absolute Gasteiger partial charge is 0.0967 e. The zero-order valence-electron chi connectivity index (χ0n) is 7.50. The molecule has 0 radical (unpaired) electrons. The Morgan fingerprint density at radius 1 is 1.31 bits per heavy atom. The fraction of sp³-hybridized carbons (Fsp3) is 0.400. The summed E-state index contributed by atoms with van der Waals surface area (Å²) in [6.07, 6.45) is 0. The van der Waals surface area contributed by atoms with E-state index in [0.717, 1.165) is 17.6 Å². The van der Waals surface area contributed by atoms with Gasteiger partial charge in [-0.25, -0.2) is 0 Å². The lowest BCUT2D eigenvalue weighted by atomic mass is 9.96. The molecule has 0 spiro atoms. The Morgan fingerprint density at radius 3 is 2.31 bits per heavy atom. The molecule has 3 heteroatoms. The second-order valence-electron chi connectivity index (χ2n) is 3.83. The molecule has 0 unspecified atom stereocenters. The molecule has 13 heavy (non-hydrogen) atoms. The molecule has 1 N–H and O–H groups in total. The molecule has 70 valence electrons. The maximum absolute atomic E-state index is 9.55. The summed E-state index contributed by atoms with van der Waals surface area (Å²) in [4.78, 5) is 2.16. The van der Waals surface area contributed by atoms with E-state index in [-0.39, 0.29) is 0 Å². The molecular formula is C10H12BrNO. The van der Waals surface area contributed by atoms with Gasteiger partial charge < -0.3 is 10.0 Å². The molecule has 0 atom stereocenters. The molecule has 0 aliphatic carbocycles. The van der Waals surface area contributed by atoms with Gasteiger partial charge in [0.1, 0.15) is 0 Å². The Labute approximate surface area is 86.3 Å². The second-order valence-corrected chi connectivity index (χ2v) is 4.75. The number of β-amino-alcohol motifs (C(OH)–C–C–N with tert-alkyl or cyclic N) is 1. The van der Waals surface area contributed by atoms with Gasteiger partial charge in [0.15, 0.2) is 0 Å². The van der Waals surface area contributed by atoms with Gasteiger partial charge in [0.25, 0.3) is 0 Å². The summed E-state index contributed by atoms with van der Waals surface area (Å²) < 4.78 is 1.09. The van der Waals surface area contributed by atoms with Gasteiger partial charge in [0.05, 0.1) is 5.60 Å². The SMILES string of the molecule is CC1(O)CN(c2ccc(Br)cc2)C1. The minimum Gasteiger partial charge on any atom is -0.386 e. The topological polar surface area (TPSA) is 23.5 Å². The lowest BCUT2D eigenvalue weighted by Crippen LogP contribution is -2.60. The number of benzene rings is 1. The van der Waals surface area contributed by atoms with Crippen molar-refractivity contribution in [3.8, 4) is 0 Å². The third-order valence-corrected chi connectivity index (χ3v) is 2.78. The molecule has 1 saturated heterocycles. The summed E-state index contributed by atoms with van der Waals surface area (Å²) in [5, 5.41) is 9.55. The first kappa shape index (κ1) is 9.03. The van der Waals surface area contributed by atoms with E-state index in [9.17, 15) is 5.11 Å². The summed E-state index contributed by atoms with van der Waals surface area (Å²) in [6.45, 7) is 3.33. The van der Waals surface area contributed by atoms with Gasteiger partial charge in [-0.05, 0) is 31.2 Å². The predicted molar refractivity (Wildman–Crippen MR) is 57.0 cm³/mol. The summed E-state index contributed by atoms with van der Waals surface area (Å²) in [7, 11) is 0. The Balaban J connectivity index is 2.08. The standard InChI is InChI=1S/C10H12BrNO/c1-10(13)6-12(7-10)9-4-2-8(11)3-5-9/h2-5,13H,6-7H2,1H3. The van der Waals surface area contributed by atoms with Crippen LogP contribution in [0, 0.1) is 0 Å². The van der Waals surface area contributed by atoms with Crippen LogP contribution in [0.25, 0.3) is 0 Å². The molecule has 2 rings (SSSR count). The van der Waals surface area contributed by atoms with Gasteiger partial charge in [-0.2, -0.15) is 0 Å². The molecule has 1 aliphatic heterocycles. The van der Waals surface area contributed by atoms with Crippen LogP contribution in [0.3, 0.4) is 0 Å². The lowest BCUT2D eigenvalue weighted by Gasteiger charge is -2.45. The highest BCUT2D eigenvalue weighted by atomic mass is 79.9. The summed E-state index contributed by atoms with van der Waals surface area (Å²) in [5.41, 5.74) is 0.683. The van der Waals surface area contributed by atoms with Crippen LogP contribution in [0.5, 0.6) is 0 Å². The monoisotopic (exact) mass is 241 g/mol. The van der Waals surface area contributed by atoms with Crippen LogP contribution in [0.15, 0.2) is 28.7 Å². The second kappa shape index (κ2) is 3.00. The minimum absolute atomic E-state index is 0.493. The van der Waals surface area contributed by atoms with E-state index in [4.69, 9.17) is 0 Å². The molecular weight excluding hydrogens is 230 g/mol. The third kappa shape index (κ3) is 1.86. The summed E-state index contributed by atoms with van der Waals surface area (Å²) in [6, 6.07) is 8.14. The molecule has 0 amide bonds. The van der Waals surface area contributed by atoms with Crippen molar-refractivity contribution in [2.24, 2.45) is 0 Å². The fourth-order valence-electron chi connectivity index (χ4n) is 1.61. The van der Waals surface area contributed by atoms with E-state index in [2.05, 4.69) is 33.0 Å². The average Bonchev–Trinajstić information content (AvgIpc) is 2.01. The van der Waals surface area contributed by atoms with Crippen LogP contribution in [0.4, 0.5) is 5.69 Å². The van der Waals surface area contributed by atoms with Crippen molar-refractivity contribution in [2.75, 3.05) is 18.0 Å². The van der Waals surface area contributed by atoms with E-state index < -0.39 is 5.60 Å². The van der Waals surface area contributed by atoms with Crippen molar-refractivity contribution in [1.29, 1.82) is 0 Å². The van der Waals surface area contributed by atoms with E-state index in [1.54, 1.807) is 0 Å². The number of aliphatic hydroxyl groups is 1. The van der Waals surface area contributed by atoms with Crippen LogP contribution in [0.1, 0.15) is 6.92 Å². The lowest BCUT2D eigenvalue weighted by molar-refractivity contribution is 0.0310. The van der Waals surface area contributed by atoms with E-state index >= 15 is 0 Å². The Hall–Kier alpha value is -0.540. The van der Waals surface area contributed by atoms with Crippen LogP contribution >= 0.6 is 15.9 Å². The van der Waals surface area contributed by atoms with Crippen molar-refractivity contribution in [2.45, 2.75) is 12.5 Å². The molecule has 1 heterocycles. The normalized spacial score (nSPS) is 19.8. The van der Waals surface area contributed by atoms with E-state index in [1.165, 1.54) is 5.69 Å². The Bertz CT molecular complexity index is 299. The first-order valence-electron chi connectivity index (χ1n) is 4.30. The van der Waals surface area contributed by atoms with Crippen molar-refractivity contribution < 1.29 is 5.11 Å². The van der Waals surface area contributed by atoms with Gasteiger partial charge in [-0.1, -0.05) is 15.9 Å². The van der Waals surface area contributed by atoms with E-state index in [1.807, 2.05) is 19.1 Å². The Morgan fingerprint density at radius 2 is 1.85 bits per heavy atom. The van der Waals surface area contributed by atoms with Crippen molar-refractivity contribution in [3.63, 3.8) is 0 Å². The molecule has 1 aromatic carbocycles. The highest BCUT2D eigenvalue weighted by Gasteiger charge is 2.36. The Kier molecular flexibility index (Phi) is 2.08. The third-order valence-electron chi connectivity index (χ3n) is 2.25. The quantitative estimate of drug-likeness (QED) is 0.814. The zero-order valence-corrected chi connectivity index (χ0v) is 9.08. The first-order valence-corrected chi connectivity index (χ1v) is 5.09. The molecule has 1 aliphatic rings. The van der Waals surface area contributed by atoms with Gasteiger partial charge >= 0.3 is 0 Å². The number of hydrogen-bond donors (Lipinski definition) is 1. The number of anilines is 1. The largest absolute Gasteiger partial charge is 0.386 e. The predicted octanol–water partition coefficient (Wildman–Crippen LogP) is 2.02. The highest BCUT2D eigenvalue weighted by Crippen LogP contribution is 2.27. The zero-order chi connectivity index (χ0) is 9.47. The average molecular weight is 242 g/mol. The van der Waals surface area contributed by atoms with Gasteiger partial charge in [0.2, 0.25) is 0 Å². The number of hydrogen-bond acceptors (Lipinski definition) is 2. The number of nitrogens with zero attached hydrogens (tertiary/aromatic N) is 1. The molecule has 0 saturated carbocycles. The van der Waals surface area contributed by atoms with Crippen molar-refractivity contribution >= 4 is 21.6 Å².